The van der Waals surface area contributed by atoms with Crippen LogP contribution in [0.15, 0.2) is 46.6 Å². The van der Waals surface area contributed by atoms with Crippen molar-refractivity contribution >= 4 is 12.6 Å². The molecule has 0 rings (SSSR count). The van der Waals surface area contributed by atoms with E-state index in [1.165, 1.54) is 11.1 Å². The van der Waals surface area contributed by atoms with E-state index >= 15 is 0 Å². The zero-order valence-electron chi connectivity index (χ0n) is 15.5. The van der Waals surface area contributed by atoms with Crippen LogP contribution in [0.25, 0.3) is 0 Å². The number of allylic oxidation sites excluding steroid dienone is 8. The number of rotatable bonds is 8. The van der Waals surface area contributed by atoms with Crippen LogP contribution in [-0.2, 0) is 9.59 Å². The molecule has 132 valence electrons. The molecule has 0 aromatic carbocycles. The first-order valence-corrected chi connectivity index (χ1v) is 7.82. The Bertz CT molecular complexity index is 391. The molecule has 0 unspecified atom stereocenters. The summed E-state index contributed by atoms with van der Waals surface area (Å²) in [7, 11) is 0. The van der Waals surface area contributed by atoms with Crippen LogP contribution < -0.4 is 0 Å². The average molecular weight is 462 g/mol. The Balaban J connectivity index is -0.000000333. The summed E-state index contributed by atoms with van der Waals surface area (Å²) >= 11 is 0. The molecule has 0 aromatic heterocycles. The van der Waals surface area contributed by atoms with E-state index in [9.17, 15) is 9.59 Å². The van der Waals surface area contributed by atoms with Gasteiger partial charge in [0.1, 0.15) is 12.6 Å². The molecule has 0 N–H and O–H groups in total. The smallest absolute Gasteiger partial charge is 0.142 e. The van der Waals surface area contributed by atoms with Crippen LogP contribution >= 0.6 is 0 Å². The SMILES string of the molecule is CC(C)=CCC/C(C)=C\C=O.CC(C)=CCC/C(C)=C\C=O.[Gd]. The van der Waals surface area contributed by atoms with Crippen LogP contribution in [0.5, 0.6) is 0 Å². The third-order valence-corrected chi connectivity index (χ3v) is 2.89. The van der Waals surface area contributed by atoms with Crippen LogP contribution in [0.1, 0.15) is 67.2 Å². The summed E-state index contributed by atoms with van der Waals surface area (Å²) in [4.78, 5) is 20.0. The topological polar surface area (TPSA) is 34.1 Å². The second-order valence-corrected chi connectivity index (χ2v) is 5.94. The van der Waals surface area contributed by atoms with Crippen LogP contribution in [0.2, 0.25) is 0 Å². The third kappa shape index (κ3) is 26.8. The number of aldehydes is 2. The van der Waals surface area contributed by atoms with Crippen molar-refractivity contribution < 1.29 is 49.5 Å². The van der Waals surface area contributed by atoms with Crippen LogP contribution in [0.3, 0.4) is 0 Å². The largest absolute Gasteiger partial charge is 0.299 e. The van der Waals surface area contributed by atoms with Crippen molar-refractivity contribution in [3.8, 4) is 0 Å². The molecule has 0 bridgehead atoms. The van der Waals surface area contributed by atoms with Gasteiger partial charge in [-0.15, -0.1) is 0 Å². The van der Waals surface area contributed by atoms with E-state index in [0.29, 0.717) is 0 Å². The second kappa shape index (κ2) is 19.7. The van der Waals surface area contributed by atoms with Crippen molar-refractivity contribution in [1.29, 1.82) is 0 Å². The van der Waals surface area contributed by atoms with Crippen LogP contribution in [0.4, 0.5) is 0 Å². The maximum Gasteiger partial charge on any atom is 0.142 e. The van der Waals surface area contributed by atoms with Crippen LogP contribution in [0, 0.1) is 39.9 Å². The van der Waals surface area contributed by atoms with E-state index in [4.69, 9.17) is 0 Å². The summed E-state index contributed by atoms with van der Waals surface area (Å²) in [6.07, 6.45) is 13.4. The minimum absolute atomic E-state index is 0. The molecular weight excluding hydrogens is 429 g/mol. The van der Waals surface area contributed by atoms with Crippen LogP contribution in [-0.4, -0.2) is 12.6 Å². The molecule has 0 amide bonds. The van der Waals surface area contributed by atoms with E-state index in [2.05, 4.69) is 39.8 Å². The number of hydrogen-bond acceptors (Lipinski definition) is 2. The molecule has 0 radical (unpaired) electrons. The molecule has 0 heterocycles. The maximum absolute atomic E-state index is 10.0. The van der Waals surface area contributed by atoms with E-state index in [0.717, 1.165) is 49.4 Å². The van der Waals surface area contributed by atoms with Gasteiger partial charge >= 0.3 is 0 Å². The number of hydrogen-bond donors (Lipinski definition) is 0. The molecule has 3 heteroatoms. The van der Waals surface area contributed by atoms with E-state index < -0.39 is 0 Å². The molecular formula is C20H32GdO2. The fourth-order valence-corrected chi connectivity index (χ4v) is 1.58. The van der Waals surface area contributed by atoms with Crippen molar-refractivity contribution in [2.45, 2.75) is 67.2 Å². The first kappa shape index (κ1) is 27.5. The fourth-order valence-electron chi connectivity index (χ4n) is 1.58. The Labute approximate surface area is 174 Å². The van der Waals surface area contributed by atoms with Gasteiger partial charge in [0.2, 0.25) is 0 Å². The van der Waals surface area contributed by atoms with Crippen molar-refractivity contribution in [3.05, 3.63) is 46.6 Å². The summed E-state index contributed by atoms with van der Waals surface area (Å²) in [5.74, 6) is 0. The molecule has 0 saturated heterocycles. The maximum atomic E-state index is 10.0. The normalized spacial score (nSPS) is 10.5. The minimum atomic E-state index is 0. The summed E-state index contributed by atoms with van der Waals surface area (Å²) in [6.45, 7) is 12.3. The Hall–Kier alpha value is -0.375. The first-order chi connectivity index (χ1) is 10.3. The zero-order chi connectivity index (χ0) is 17.4. The van der Waals surface area contributed by atoms with Crippen molar-refractivity contribution in [3.63, 3.8) is 0 Å². The van der Waals surface area contributed by atoms with Gasteiger partial charge in [-0.1, -0.05) is 34.4 Å². The predicted molar refractivity (Wildman–Crippen MR) is 97.0 cm³/mol. The zero-order valence-corrected chi connectivity index (χ0v) is 17.7. The average Bonchev–Trinajstić information content (AvgIpc) is 2.39. The standard InChI is InChI=1S/2C10H16O.Gd/c2*1-9(2)5-4-6-10(3)7-8-11;/h2*5,7-8H,4,6H2,1-3H3;/b2*10-7-;. The molecule has 0 aromatic rings. The molecule has 0 aliphatic carbocycles. The Morgan fingerprint density at radius 3 is 1.17 bits per heavy atom. The van der Waals surface area contributed by atoms with Crippen molar-refractivity contribution in [1.82, 2.24) is 0 Å². The van der Waals surface area contributed by atoms with Gasteiger partial charge in [0.05, 0.1) is 0 Å². The summed E-state index contributed by atoms with van der Waals surface area (Å²) < 4.78 is 0. The van der Waals surface area contributed by atoms with Crippen molar-refractivity contribution in [2.24, 2.45) is 0 Å². The van der Waals surface area contributed by atoms with Gasteiger partial charge in [0.25, 0.3) is 0 Å². The Morgan fingerprint density at radius 2 is 0.957 bits per heavy atom. The molecule has 0 saturated carbocycles. The van der Waals surface area contributed by atoms with E-state index in [1.54, 1.807) is 12.2 Å². The predicted octanol–water partition coefficient (Wildman–Crippen LogP) is 5.76. The summed E-state index contributed by atoms with van der Waals surface area (Å²) in [5, 5.41) is 0. The quantitative estimate of drug-likeness (QED) is 0.262. The van der Waals surface area contributed by atoms with Gasteiger partial charge in [-0.2, -0.15) is 0 Å². The summed E-state index contributed by atoms with van der Waals surface area (Å²) in [6, 6.07) is 0. The second-order valence-electron chi connectivity index (χ2n) is 5.94. The molecule has 0 spiro atoms. The number of carbonyl (C=O) groups is 2. The van der Waals surface area contributed by atoms with Crippen molar-refractivity contribution in [2.75, 3.05) is 0 Å². The van der Waals surface area contributed by atoms with E-state index in [1.807, 2.05) is 13.8 Å². The van der Waals surface area contributed by atoms with Gasteiger partial charge in [-0.3, -0.25) is 9.59 Å². The molecule has 23 heavy (non-hydrogen) atoms. The van der Waals surface area contributed by atoms with Gasteiger partial charge in [-0.25, -0.2) is 0 Å². The first-order valence-electron chi connectivity index (χ1n) is 7.82. The molecule has 0 aliphatic heterocycles. The Morgan fingerprint density at radius 1 is 0.652 bits per heavy atom. The molecule has 2 nitrogen and oxygen atoms in total. The molecule has 0 atom stereocenters. The summed E-state index contributed by atoms with van der Waals surface area (Å²) in [5.41, 5.74) is 4.97. The van der Waals surface area contributed by atoms with Gasteiger partial charge < -0.3 is 0 Å². The fraction of sp³-hybridized carbons (Fsp3) is 0.500. The van der Waals surface area contributed by atoms with Gasteiger partial charge in [0.15, 0.2) is 0 Å². The van der Waals surface area contributed by atoms with Gasteiger partial charge in [-0.05, 0) is 79.4 Å². The Kier molecular flexibility index (Phi) is 23.5. The number of carbonyl (C=O) groups excluding carboxylic acids is 2. The minimum Gasteiger partial charge on any atom is -0.299 e. The molecule has 0 aliphatic rings. The van der Waals surface area contributed by atoms with E-state index in [-0.39, 0.29) is 39.9 Å². The molecule has 0 fully saturated rings. The monoisotopic (exact) mass is 462 g/mol. The van der Waals surface area contributed by atoms with Gasteiger partial charge in [0, 0.05) is 39.9 Å². The third-order valence-electron chi connectivity index (χ3n) is 2.89.